The monoisotopic (exact) mass is 262 g/mol. The third kappa shape index (κ3) is 3.89. The quantitative estimate of drug-likeness (QED) is 0.785. The molecule has 0 radical (unpaired) electrons. The van der Waals surface area contributed by atoms with E-state index in [0.717, 1.165) is 12.8 Å². The summed E-state index contributed by atoms with van der Waals surface area (Å²) in [4.78, 5) is 23.1. The second-order valence-electron chi connectivity index (χ2n) is 5.07. The molecule has 0 aromatic heterocycles. The largest absolute Gasteiger partial charge is 0.459 e. The smallest absolute Gasteiger partial charge is 0.338 e. The van der Waals surface area contributed by atoms with Crippen molar-refractivity contribution in [2.45, 2.75) is 31.8 Å². The van der Waals surface area contributed by atoms with Crippen molar-refractivity contribution in [3.8, 4) is 0 Å². The molecule has 4 nitrogen and oxygen atoms in total. The number of esters is 1. The van der Waals surface area contributed by atoms with Crippen molar-refractivity contribution in [2.75, 3.05) is 13.2 Å². The fraction of sp³-hybridized carbons (Fsp3) is 0.467. The lowest BCUT2D eigenvalue weighted by atomic mass is 10.0. The molecule has 1 aromatic carbocycles. The Kier molecular flexibility index (Phi) is 4.32. The molecule has 1 heterocycles. The third-order valence-electron chi connectivity index (χ3n) is 3.26. The molecule has 1 saturated heterocycles. The average molecular weight is 262 g/mol. The highest BCUT2D eigenvalue weighted by Crippen LogP contribution is 2.23. The van der Waals surface area contributed by atoms with Gasteiger partial charge in [0, 0.05) is 6.42 Å². The van der Waals surface area contributed by atoms with Gasteiger partial charge in [-0.25, -0.2) is 4.79 Å². The minimum absolute atomic E-state index is 0.109. The molecule has 0 spiro atoms. The van der Waals surface area contributed by atoms with Crippen LogP contribution in [0.2, 0.25) is 0 Å². The molecule has 102 valence electrons. The predicted octanol–water partition coefficient (Wildman–Crippen LogP) is 2.37. The number of Topliss-reactive ketones (excluding diaryl/α,β-unsaturated/α-hetero) is 1. The summed E-state index contributed by atoms with van der Waals surface area (Å²) >= 11 is 0. The Morgan fingerprint density at radius 1 is 1.37 bits per heavy atom. The fourth-order valence-corrected chi connectivity index (χ4v) is 2.05. The second-order valence-corrected chi connectivity index (χ2v) is 5.07. The summed E-state index contributed by atoms with van der Waals surface area (Å²) in [5, 5.41) is 0. The SMILES string of the molecule is CC1(COC(=O)c2ccccc2)CCCC(=O)CO1. The van der Waals surface area contributed by atoms with Crippen molar-refractivity contribution in [1.29, 1.82) is 0 Å². The first-order chi connectivity index (χ1) is 9.09. The van der Waals surface area contributed by atoms with Crippen LogP contribution in [0.5, 0.6) is 0 Å². The van der Waals surface area contributed by atoms with Gasteiger partial charge in [0.15, 0.2) is 5.78 Å². The van der Waals surface area contributed by atoms with Gasteiger partial charge in [-0.2, -0.15) is 0 Å². The van der Waals surface area contributed by atoms with Crippen molar-refractivity contribution in [1.82, 2.24) is 0 Å². The molecule has 0 aliphatic carbocycles. The van der Waals surface area contributed by atoms with E-state index in [2.05, 4.69) is 0 Å². The zero-order valence-electron chi connectivity index (χ0n) is 11.1. The molecule has 19 heavy (non-hydrogen) atoms. The van der Waals surface area contributed by atoms with E-state index in [0.29, 0.717) is 12.0 Å². The van der Waals surface area contributed by atoms with Crippen molar-refractivity contribution in [2.24, 2.45) is 0 Å². The van der Waals surface area contributed by atoms with Crippen molar-refractivity contribution in [3.05, 3.63) is 35.9 Å². The summed E-state index contributed by atoms with van der Waals surface area (Å²) in [5.74, 6) is -0.251. The first kappa shape index (κ1) is 13.7. The number of benzene rings is 1. The van der Waals surface area contributed by atoms with Crippen LogP contribution in [0, 0.1) is 0 Å². The molecule has 1 aromatic rings. The van der Waals surface area contributed by atoms with E-state index in [4.69, 9.17) is 9.47 Å². The van der Waals surface area contributed by atoms with Crippen molar-refractivity contribution < 1.29 is 19.1 Å². The molecule has 0 bridgehead atoms. The zero-order valence-corrected chi connectivity index (χ0v) is 11.1. The average Bonchev–Trinajstić information content (AvgIpc) is 2.60. The van der Waals surface area contributed by atoms with Crippen molar-refractivity contribution >= 4 is 11.8 Å². The summed E-state index contributed by atoms with van der Waals surface area (Å²) in [6.07, 6.45) is 2.04. The lowest BCUT2D eigenvalue weighted by Crippen LogP contribution is -2.35. The van der Waals surface area contributed by atoms with Gasteiger partial charge in [-0.1, -0.05) is 18.2 Å². The highest BCUT2D eigenvalue weighted by atomic mass is 16.6. The molecule has 4 heteroatoms. The minimum Gasteiger partial charge on any atom is -0.459 e. The maximum Gasteiger partial charge on any atom is 0.338 e. The molecule has 0 N–H and O–H groups in total. The van der Waals surface area contributed by atoms with Crippen molar-refractivity contribution in [3.63, 3.8) is 0 Å². The van der Waals surface area contributed by atoms with Gasteiger partial charge in [-0.15, -0.1) is 0 Å². The van der Waals surface area contributed by atoms with E-state index in [1.807, 2.05) is 13.0 Å². The Morgan fingerprint density at radius 2 is 2.11 bits per heavy atom. The maximum atomic E-state index is 11.8. The fourth-order valence-electron chi connectivity index (χ4n) is 2.05. The lowest BCUT2D eigenvalue weighted by Gasteiger charge is -2.27. The summed E-state index contributed by atoms with van der Waals surface area (Å²) in [6.45, 7) is 2.16. The minimum atomic E-state index is -0.559. The van der Waals surface area contributed by atoms with E-state index < -0.39 is 5.60 Å². The maximum absolute atomic E-state index is 11.8. The highest BCUT2D eigenvalue weighted by Gasteiger charge is 2.30. The third-order valence-corrected chi connectivity index (χ3v) is 3.26. The Morgan fingerprint density at radius 3 is 2.84 bits per heavy atom. The number of ether oxygens (including phenoxy) is 2. The van der Waals surface area contributed by atoms with Gasteiger partial charge in [0.1, 0.15) is 18.8 Å². The summed E-state index contributed by atoms with van der Waals surface area (Å²) in [7, 11) is 0. The number of hydrogen-bond donors (Lipinski definition) is 0. The van der Waals surface area contributed by atoms with Crippen LogP contribution in [0.4, 0.5) is 0 Å². The first-order valence-electron chi connectivity index (χ1n) is 6.47. The number of ketones is 1. The van der Waals surface area contributed by atoms with E-state index in [1.54, 1.807) is 24.3 Å². The Bertz CT molecular complexity index is 454. The molecule has 0 amide bonds. The molecule has 1 aliphatic rings. The van der Waals surface area contributed by atoms with Crippen LogP contribution in [-0.4, -0.2) is 30.6 Å². The molecule has 0 saturated carbocycles. The number of rotatable bonds is 3. The normalized spacial score (nSPS) is 23.7. The second kappa shape index (κ2) is 5.97. The molecular formula is C15H18O4. The topological polar surface area (TPSA) is 52.6 Å². The number of hydrogen-bond acceptors (Lipinski definition) is 4. The highest BCUT2D eigenvalue weighted by molar-refractivity contribution is 5.89. The molecule has 1 aliphatic heterocycles. The van der Waals surface area contributed by atoms with Crippen LogP contribution >= 0.6 is 0 Å². The van der Waals surface area contributed by atoms with E-state index >= 15 is 0 Å². The molecule has 2 rings (SSSR count). The standard InChI is InChI=1S/C15H18O4/c1-15(9-5-8-13(16)10-19-15)11-18-14(17)12-6-3-2-4-7-12/h2-4,6-7H,5,8-11H2,1H3. The lowest BCUT2D eigenvalue weighted by molar-refractivity contribution is -0.129. The van der Waals surface area contributed by atoms with Crippen LogP contribution in [0.25, 0.3) is 0 Å². The Balaban J connectivity index is 1.90. The van der Waals surface area contributed by atoms with Gasteiger partial charge in [-0.05, 0) is 31.9 Å². The van der Waals surface area contributed by atoms with Gasteiger partial charge in [0.05, 0.1) is 5.56 Å². The van der Waals surface area contributed by atoms with Crippen LogP contribution in [0.1, 0.15) is 36.5 Å². The molecule has 1 unspecified atom stereocenters. The number of carbonyl (C=O) groups is 2. The Hall–Kier alpha value is -1.68. The van der Waals surface area contributed by atoms with Crippen LogP contribution in [0.3, 0.4) is 0 Å². The van der Waals surface area contributed by atoms with Gasteiger partial charge in [0.2, 0.25) is 0 Å². The van der Waals surface area contributed by atoms with Gasteiger partial charge in [0.25, 0.3) is 0 Å². The van der Waals surface area contributed by atoms with Crippen LogP contribution in [-0.2, 0) is 14.3 Å². The summed E-state index contributed by atoms with van der Waals surface area (Å²) in [5.41, 5.74) is -0.0350. The molecule has 1 fully saturated rings. The number of carbonyl (C=O) groups excluding carboxylic acids is 2. The van der Waals surface area contributed by atoms with E-state index in [1.165, 1.54) is 0 Å². The van der Waals surface area contributed by atoms with Gasteiger partial charge in [-0.3, -0.25) is 4.79 Å². The summed E-state index contributed by atoms with van der Waals surface area (Å²) in [6, 6.07) is 8.85. The van der Waals surface area contributed by atoms with E-state index in [-0.39, 0.29) is 25.0 Å². The molecule has 1 atom stereocenters. The Labute approximate surface area is 112 Å². The predicted molar refractivity (Wildman–Crippen MR) is 69.9 cm³/mol. The van der Waals surface area contributed by atoms with Crippen LogP contribution in [0.15, 0.2) is 30.3 Å². The first-order valence-corrected chi connectivity index (χ1v) is 6.47. The van der Waals surface area contributed by atoms with Gasteiger partial charge < -0.3 is 9.47 Å². The van der Waals surface area contributed by atoms with E-state index in [9.17, 15) is 9.59 Å². The molecular weight excluding hydrogens is 244 g/mol. The summed E-state index contributed by atoms with van der Waals surface area (Å²) < 4.78 is 10.8. The van der Waals surface area contributed by atoms with Crippen LogP contribution < -0.4 is 0 Å². The van der Waals surface area contributed by atoms with Gasteiger partial charge >= 0.3 is 5.97 Å². The zero-order chi connectivity index (χ0) is 13.7.